The van der Waals surface area contributed by atoms with Gasteiger partial charge in [-0.25, -0.2) is 0 Å². The van der Waals surface area contributed by atoms with Crippen molar-refractivity contribution < 1.29 is 9.15 Å². The van der Waals surface area contributed by atoms with E-state index in [2.05, 4.69) is 37.9 Å². The van der Waals surface area contributed by atoms with Crippen molar-refractivity contribution in [3.63, 3.8) is 0 Å². The second kappa shape index (κ2) is 5.74. The molecular weight excluding hydrogens is 348 g/mol. The molecule has 0 N–H and O–H groups in total. The quantitative estimate of drug-likeness (QED) is 0.722. The second-order valence-electron chi connectivity index (χ2n) is 3.54. The van der Waals surface area contributed by atoms with E-state index in [1.807, 2.05) is 25.1 Å². The van der Waals surface area contributed by atoms with Crippen LogP contribution in [0.2, 0.25) is 0 Å². The van der Waals surface area contributed by atoms with Crippen molar-refractivity contribution in [2.75, 3.05) is 6.61 Å². The summed E-state index contributed by atoms with van der Waals surface area (Å²) in [4.78, 5) is 0.133. The van der Waals surface area contributed by atoms with Gasteiger partial charge in [0.05, 0.1) is 28.4 Å². The van der Waals surface area contributed by atoms with E-state index in [0.717, 1.165) is 21.3 Å². The van der Waals surface area contributed by atoms with Gasteiger partial charge in [0, 0.05) is 5.56 Å². The molecule has 0 aliphatic heterocycles. The molecular formula is C13H12Br2O2. The standard InChI is InChI=1S/C13H12Br2O2/c1-2-17-12-4-3-9(7-11(12)14)13(15)10-5-6-16-8-10/h3-8,13H,2H2,1H3. The number of hydrogen-bond acceptors (Lipinski definition) is 2. The van der Waals surface area contributed by atoms with Gasteiger partial charge in [-0.05, 0) is 46.6 Å². The SMILES string of the molecule is CCOc1ccc(C(Br)c2ccoc2)cc1Br. The Morgan fingerprint density at radius 3 is 2.71 bits per heavy atom. The van der Waals surface area contributed by atoms with E-state index >= 15 is 0 Å². The minimum Gasteiger partial charge on any atom is -0.493 e. The number of rotatable bonds is 4. The third-order valence-electron chi connectivity index (χ3n) is 2.38. The second-order valence-corrected chi connectivity index (χ2v) is 5.31. The summed E-state index contributed by atoms with van der Waals surface area (Å²) in [7, 11) is 0. The van der Waals surface area contributed by atoms with Gasteiger partial charge in [-0.15, -0.1) is 0 Å². The normalized spacial score (nSPS) is 12.4. The molecule has 0 aliphatic rings. The van der Waals surface area contributed by atoms with E-state index in [4.69, 9.17) is 9.15 Å². The molecule has 2 rings (SSSR count). The maximum atomic E-state index is 5.48. The van der Waals surface area contributed by atoms with E-state index < -0.39 is 0 Å². The molecule has 1 unspecified atom stereocenters. The Bertz CT molecular complexity index is 480. The zero-order valence-corrected chi connectivity index (χ0v) is 12.5. The van der Waals surface area contributed by atoms with Crippen molar-refractivity contribution in [2.24, 2.45) is 0 Å². The Kier molecular flexibility index (Phi) is 4.29. The zero-order valence-electron chi connectivity index (χ0n) is 9.32. The highest BCUT2D eigenvalue weighted by atomic mass is 79.9. The van der Waals surface area contributed by atoms with Crippen LogP contribution in [-0.2, 0) is 0 Å². The lowest BCUT2D eigenvalue weighted by atomic mass is 10.1. The van der Waals surface area contributed by atoms with Gasteiger partial charge in [0.15, 0.2) is 0 Å². The summed E-state index contributed by atoms with van der Waals surface area (Å²) in [6, 6.07) is 8.01. The van der Waals surface area contributed by atoms with Crippen molar-refractivity contribution in [3.8, 4) is 5.75 Å². The maximum absolute atomic E-state index is 5.48. The van der Waals surface area contributed by atoms with Crippen LogP contribution < -0.4 is 4.74 Å². The number of benzene rings is 1. The summed E-state index contributed by atoms with van der Waals surface area (Å²) in [5.74, 6) is 0.864. The maximum Gasteiger partial charge on any atom is 0.133 e. The summed E-state index contributed by atoms with van der Waals surface area (Å²) in [5.41, 5.74) is 2.25. The number of furan rings is 1. The minimum atomic E-state index is 0.133. The molecule has 0 spiro atoms. The van der Waals surface area contributed by atoms with E-state index in [0.29, 0.717) is 6.61 Å². The first-order valence-electron chi connectivity index (χ1n) is 5.30. The molecule has 1 heterocycles. The molecule has 0 saturated heterocycles. The molecule has 4 heteroatoms. The number of ether oxygens (including phenoxy) is 1. The van der Waals surface area contributed by atoms with Gasteiger partial charge in [0.1, 0.15) is 5.75 Å². The molecule has 1 aromatic heterocycles. The van der Waals surface area contributed by atoms with E-state index in [1.54, 1.807) is 12.5 Å². The molecule has 2 aromatic rings. The number of hydrogen-bond donors (Lipinski definition) is 0. The van der Waals surface area contributed by atoms with Crippen molar-refractivity contribution >= 4 is 31.9 Å². The third-order valence-corrected chi connectivity index (χ3v) is 4.06. The van der Waals surface area contributed by atoms with Crippen LogP contribution in [0, 0.1) is 0 Å². The Hall–Kier alpha value is -0.740. The van der Waals surface area contributed by atoms with Gasteiger partial charge >= 0.3 is 0 Å². The van der Waals surface area contributed by atoms with Crippen LogP contribution in [0.5, 0.6) is 5.75 Å². The molecule has 0 aliphatic carbocycles. The first-order valence-corrected chi connectivity index (χ1v) is 7.01. The predicted octanol–water partition coefficient (Wildman–Crippen LogP) is 4.93. The zero-order chi connectivity index (χ0) is 12.3. The molecule has 0 radical (unpaired) electrons. The highest BCUT2D eigenvalue weighted by Gasteiger charge is 2.13. The van der Waals surface area contributed by atoms with Gasteiger partial charge in [0.25, 0.3) is 0 Å². The highest BCUT2D eigenvalue weighted by Crippen LogP contribution is 2.35. The summed E-state index contributed by atoms with van der Waals surface area (Å²) in [5, 5.41) is 0. The summed E-state index contributed by atoms with van der Waals surface area (Å²) in [6.07, 6.45) is 3.41. The lowest BCUT2D eigenvalue weighted by Gasteiger charge is -2.11. The van der Waals surface area contributed by atoms with E-state index in [1.165, 1.54) is 0 Å². The molecule has 1 aromatic carbocycles. The van der Waals surface area contributed by atoms with Crippen LogP contribution in [0.15, 0.2) is 45.7 Å². The van der Waals surface area contributed by atoms with Gasteiger partial charge in [-0.2, -0.15) is 0 Å². The molecule has 2 nitrogen and oxygen atoms in total. The van der Waals surface area contributed by atoms with Crippen LogP contribution >= 0.6 is 31.9 Å². The monoisotopic (exact) mass is 358 g/mol. The fourth-order valence-corrected chi connectivity index (χ4v) is 2.62. The molecule has 90 valence electrons. The number of alkyl halides is 1. The Morgan fingerprint density at radius 2 is 2.12 bits per heavy atom. The lowest BCUT2D eigenvalue weighted by molar-refractivity contribution is 0.338. The molecule has 1 atom stereocenters. The lowest BCUT2D eigenvalue weighted by Crippen LogP contribution is -1.95. The first-order chi connectivity index (χ1) is 8.22. The molecule has 0 saturated carbocycles. The van der Waals surface area contributed by atoms with Gasteiger partial charge in [0.2, 0.25) is 0 Å². The third kappa shape index (κ3) is 2.93. The fourth-order valence-electron chi connectivity index (χ4n) is 1.56. The van der Waals surface area contributed by atoms with Gasteiger partial charge in [-0.3, -0.25) is 0 Å². The largest absolute Gasteiger partial charge is 0.493 e. The highest BCUT2D eigenvalue weighted by molar-refractivity contribution is 9.10. The molecule has 0 bridgehead atoms. The van der Waals surface area contributed by atoms with Crippen molar-refractivity contribution in [1.82, 2.24) is 0 Å². The molecule has 0 amide bonds. The van der Waals surface area contributed by atoms with Gasteiger partial charge in [-0.1, -0.05) is 22.0 Å². The topological polar surface area (TPSA) is 22.4 Å². The van der Waals surface area contributed by atoms with Gasteiger partial charge < -0.3 is 9.15 Å². The fraction of sp³-hybridized carbons (Fsp3) is 0.231. The van der Waals surface area contributed by atoms with E-state index in [9.17, 15) is 0 Å². The molecule has 0 fully saturated rings. The summed E-state index contributed by atoms with van der Waals surface area (Å²) in [6.45, 7) is 2.64. The first kappa shape index (κ1) is 12.7. The van der Waals surface area contributed by atoms with Crippen LogP contribution in [0.3, 0.4) is 0 Å². The van der Waals surface area contributed by atoms with E-state index in [-0.39, 0.29) is 4.83 Å². The van der Waals surface area contributed by atoms with Crippen molar-refractivity contribution in [1.29, 1.82) is 0 Å². The summed E-state index contributed by atoms with van der Waals surface area (Å²) >= 11 is 7.16. The average Bonchev–Trinajstić information content (AvgIpc) is 2.84. The minimum absolute atomic E-state index is 0.133. The van der Waals surface area contributed by atoms with Crippen LogP contribution in [0.25, 0.3) is 0 Å². The van der Waals surface area contributed by atoms with Crippen molar-refractivity contribution in [3.05, 3.63) is 52.4 Å². The predicted molar refractivity (Wildman–Crippen MR) is 74.8 cm³/mol. The molecule has 17 heavy (non-hydrogen) atoms. The van der Waals surface area contributed by atoms with Crippen LogP contribution in [0.4, 0.5) is 0 Å². The van der Waals surface area contributed by atoms with Crippen LogP contribution in [-0.4, -0.2) is 6.61 Å². The Morgan fingerprint density at radius 1 is 1.29 bits per heavy atom. The number of halogens is 2. The summed E-state index contributed by atoms with van der Waals surface area (Å²) < 4.78 is 11.5. The van der Waals surface area contributed by atoms with Crippen molar-refractivity contribution in [2.45, 2.75) is 11.8 Å². The van der Waals surface area contributed by atoms with Crippen LogP contribution in [0.1, 0.15) is 22.9 Å². The Labute approximate surface area is 117 Å². The Balaban J connectivity index is 2.25. The smallest absolute Gasteiger partial charge is 0.133 e. The average molecular weight is 360 g/mol.